The molecule has 0 amide bonds. The largest absolute Gasteiger partial charge is 0.469 e. The number of esters is 1. The third-order valence-corrected chi connectivity index (χ3v) is 1.54. The summed E-state index contributed by atoms with van der Waals surface area (Å²) in [5.74, 6) is -0.349. The van der Waals surface area contributed by atoms with Crippen LogP contribution in [0.15, 0.2) is 23.1 Å². The Morgan fingerprint density at radius 2 is 2.46 bits per heavy atom. The minimum absolute atomic E-state index is 0.160. The molecule has 0 spiro atoms. The molecule has 0 aliphatic rings. The Hall–Kier alpha value is -1.65. The van der Waals surface area contributed by atoms with E-state index in [-0.39, 0.29) is 24.5 Å². The standard InChI is InChI=1S/C8H10N2O3/c1-13-8(12)4-6-10-7(11)3-2-5-9-10/h2-3,5H,4,6H2,1H3. The van der Waals surface area contributed by atoms with Gasteiger partial charge >= 0.3 is 5.97 Å². The van der Waals surface area contributed by atoms with Crippen LogP contribution >= 0.6 is 0 Å². The Morgan fingerprint density at radius 1 is 1.69 bits per heavy atom. The summed E-state index contributed by atoms with van der Waals surface area (Å²) in [5.41, 5.74) is -0.216. The van der Waals surface area contributed by atoms with Gasteiger partial charge in [-0.15, -0.1) is 0 Å². The zero-order valence-electron chi connectivity index (χ0n) is 7.27. The average Bonchev–Trinajstić information content (AvgIpc) is 2.16. The normalized spacial score (nSPS) is 9.62. The second-order valence-corrected chi connectivity index (χ2v) is 2.41. The van der Waals surface area contributed by atoms with E-state index in [0.717, 1.165) is 0 Å². The number of hydrogen-bond acceptors (Lipinski definition) is 4. The van der Waals surface area contributed by atoms with Crippen LogP contribution in [-0.4, -0.2) is 22.9 Å². The molecule has 1 rings (SSSR count). The van der Waals surface area contributed by atoms with Crippen molar-refractivity contribution >= 4 is 5.97 Å². The molecule has 5 nitrogen and oxygen atoms in total. The van der Waals surface area contributed by atoms with Gasteiger partial charge in [-0.2, -0.15) is 5.10 Å². The van der Waals surface area contributed by atoms with Gasteiger partial charge < -0.3 is 4.74 Å². The highest BCUT2D eigenvalue weighted by Gasteiger charge is 2.01. The molecule has 1 heterocycles. The molecule has 0 aliphatic heterocycles. The molecule has 13 heavy (non-hydrogen) atoms. The number of aryl methyl sites for hydroxylation is 1. The van der Waals surface area contributed by atoms with Gasteiger partial charge in [-0.05, 0) is 6.07 Å². The lowest BCUT2D eigenvalue weighted by Crippen LogP contribution is -2.22. The van der Waals surface area contributed by atoms with E-state index in [1.54, 1.807) is 6.07 Å². The Balaban J connectivity index is 2.60. The van der Waals surface area contributed by atoms with Gasteiger partial charge in [0.05, 0.1) is 20.1 Å². The first-order valence-corrected chi connectivity index (χ1v) is 3.83. The van der Waals surface area contributed by atoms with Crippen molar-refractivity contribution in [3.8, 4) is 0 Å². The zero-order chi connectivity index (χ0) is 9.68. The summed E-state index contributed by atoms with van der Waals surface area (Å²) in [5, 5.41) is 3.78. The number of rotatable bonds is 3. The van der Waals surface area contributed by atoms with Crippen LogP contribution in [-0.2, 0) is 16.1 Å². The molecular weight excluding hydrogens is 172 g/mol. The number of methoxy groups -OCH3 is 1. The van der Waals surface area contributed by atoms with E-state index < -0.39 is 0 Å². The summed E-state index contributed by atoms with van der Waals surface area (Å²) in [6, 6.07) is 2.95. The van der Waals surface area contributed by atoms with E-state index in [1.807, 2.05) is 0 Å². The van der Waals surface area contributed by atoms with E-state index in [0.29, 0.717) is 0 Å². The molecule has 1 aromatic rings. The smallest absolute Gasteiger partial charge is 0.307 e. The second-order valence-electron chi connectivity index (χ2n) is 2.41. The summed E-state index contributed by atoms with van der Waals surface area (Å²) in [6.07, 6.45) is 1.66. The second kappa shape index (κ2) is 4.39. The third-order valence-electron chi connectivity index (χ3n) is 1.54. The highest BCUT2D eigenvalue weighted by Crippen LogP contribution is 1.86. The minimum Gasteiger partial charge on any atom is -0.469 e. The molecular formula is C8H10N2O3. The molecule has 70 valence electrons. The molecule has 0 radical (unpaired) electrons. The SMILES string of the molecule is COC(=O)CCn1ncccc1=O. The Labute approximate surface area is 74.9 Å². The monoisotopic (exact) mass is 182 g/mol. The van der Waals surface area contributed by atoms with Crippen molar-refractivity contribution < 1.29 is 9.53 Å². The molecule has 0 unspecified atom stereocenters. The number of nitrogens with zero attached hydrogens (tertiary/aromatic N) is 2. The number of ether oxygens (including phenoxy) is 1. The summed E-state index contributed by atoms with van der Waals surface area (Å²) in [6.45, 7) is 0.256. The topological polar surface area (TPSA) is 61.2 Å². The van der Waals surface area contributed by atoms with Crippen LogP contribution in [0.5, 0.6) is 0 Å². The summed E-state index contributed by atoms with van der Waals surface area (Å²) in [7, 11) is 1.31. The van der Waals surface area contributed by atoms with Gasteiger partial charge in [0.1, 0.15) is 0 Å². The lowest BCUT2D eigenvalue weighted by molar-refractivity contribution is -0.140. The fourth-order valence-electron chi connectivity index (χ4n) is 0.854. The lowest BCUT2D eigenvalue weighted by Gasteiger charge is -2.01. The van der Waals surface area contributed by atoms with Crippen molar-refractivity contribution in [3.05, 3.63) is 28.7 Å². The minimum atomic E-state index is -0.349. The summed E-state index contributed by atoms with van der Waals surface area (Å²) < 4.78 is 5.65. The lowest BCUT2D eigenvalue weighted by atomic mass is 10.4. The zero-order valence-corrected chi connectivity index (χ0v) is 7.27. The van der Waals surface area contributed by atoms with Crippen molar-refractivity contribution in [2.24, 2.45) is 0 Å². The van der Waals surface area contributed by atoms with E-state index in [1.165, 1.54) is 24.1 Å². The first-order valence-electron chi connectivity index (χ1n) is 3.83. The molecule has 0 atom stereocenters. The summed E-state index contributed by atoms with van der Waals surface area (Å²) in [4.78, 5) is 21.8. The van der Waals surface area contributed by atoms with Crippen LogP contribution < -0.4 is 5.56 Å². The Bertz CT molecular complexity index is 345. The van der Waals surface area contributed by atoms with E-state index >= 15 is 0 Å². The number of carbonyl (C=O) groups is 1. The van der Waals surface area contributed by atoms with Crippen LogP contribution in [0.1, 0.15) is 6.42 Å². The van der Waals surface area contributed by atoms with E-state index in [4.69, 9.17) is 0 Å². The molecule has 0 saturated carbocycles. The molecule has 1 aromatic heterocycles. The quantitative estimate of drug-likeness (QED) is 0.608. The molecule has 0 N–H and O–H groups in total. The predicted molar refractivity (Wildman–Crippen MR) is 45.1 cm³/mol. The highest BCUT2D eigenvalue weighted by atomic mass is 16.5. The maximum atomic E-state index is 11.1. The average molecular weight is 182 g/mol. The molecule has 0 fully saturated rings. The fraction of sp³-hybridized carbons (Fsp3) is 0.375. The van der Waals surface area contributed by atoms with E-state index in [2.05, 4.69) is 9.84 Å². The first-order chi connectivity index (χ1) is 6.24. The summed E-state index contributed by atoms with van der Waals surface area (Å²) >= 11 is 0. The van der Waals surface area contributed by atoms with Crippen molar-refractivity contribution in [2.45, 2.75) is 13.0 Å². The third kappa shape index (κ3) is 2.70. The van der Waals surface area contributed by atoms with Gasteiger partial charge in [0, 0.05) is 12.3 Å². The van der Waals surface area contributed by atoms with Gasteiger partial charge in [-0.25, -0.2) is 4.68 Å². The molecule has 0 aromatic carbocycles. The van der Waals surface area contributed by atoms with Crippen LogP contribution in [0.3, 0.4) is 0 Å². The van der Waals surface area contributed by atoms with Crippen LogP contribution in [0, 0.1) is 0 Å². The number of hydrogen-bond donors (Lipinski definition) is 0. The van der Waals surface area contributed by atoms with Gasteiger partial charge in [0.15, 0.2) is 0 Å². The first kappa shape index (κ1) is 9.44. The van der Waals surface area contributed by atoms with Crippen molar-refractivity contribution in [2.75, 3.05) is 7.11 Å². The highest BCUT2D eigenvalue weighted by molar-refractivity contribution is 5.68. The number of aromatic nitrogens is 2. The molecule has 0 bridgehead atoms. The fourth-order valence-corrected chi connectivity index (χ4v) is 0.854. The molecule has 5 heteroatoms. The molecule has 0 saturated heterocycles. The van der Waals surface area contributed by atoms with Gasteiger partial charge in [-0.3, -0.25) is 9.59 Å². The number of carbonyl (C=O) groups excluding carboxylic acids is 1. The van der Waals surface area contributed by atoms with Crippen LogP contribution in [0.2, 0.25) is 0 Å². The Morgan fingerprint density at radius 3 is 3.08 bits per heavy atom. The predicted octanol–water partition coefficient (Wildman–Crippen LogP) is -0.194. The van der Waals surface area contributed by atoms with Crippen molar-refractivity contribution in [1.82, 2.24) is 9.78 Å². The van der Waals surface area contributed by atoms with Crippen molar-refractivity contribution in [3.63, 3.8) is 0 Å². The van der Waals surface area contributed by atoms with Crippen molar-refractivity contribution in [1.29, 1.82) is 0 Å². The maximum Gasteiger partial charge on any atom is 0.307 e. The maximum absolute atomic E-state index is 11.1. The molecule has 0 aliphatic carbocycles. The van der Waals surface area contributed by atoms with Crippen LogP contribution in [0.4, 0.5) is 0 Å². The van der Waals surface area contributed by atoms with Gasteiger partial charge in [0.2, 0.25) is 0 Å². The van der Waals surface area contributed by atoms with E-state index in [9.17, 15) is 9.59 Å². The Kier molecular flexibility index (Phi) is 3.19. The van der Waals surface area contributed by atoms with Gasteiger partial charge in [0.25, 0.3) is 5.56 Å². The van der Waals surface area contributed by atoms with Crippen LogP contribution in [0.25, 0.3) is 0 Å². The van der Waals surface area contributed by atoms with Gasteiger partial charge in [-0.1, -0.05) is 0 Å².